The van der Waals surface area contributed by atoms with E-state index in [2.05, 4.69) is 10.3 Å². The molecule has 0 aliphatic carbocycles. The molecule has 2 heterocycles. The number of fused-ring (bicyclic) bond motifs is 2. The number of nitrogens with one attached hydrogen (secondary N) is 2. The van der Waals surface area contributed by atoms with Crippen molar-refractivity contribution in [2.45, 2.75) is 19.4 Å². The first kappa shape index (κ1) is 20.0. The lowest BCUT2D eigenvalue weighted by molar-refractivity contribution is -0.125. The predicted molar refractivity (Wildman–Crippen MR) is 118 cm³/mol. The highest BCUT2D eigenvalue weighted by Gasteiger charge is 2.31. The Morgan fingerprint density at radius 1 is 1.23 bits per heavy atom. The summed E-state index contributed by atoms with van der Waals surface area (Å²) >= 11 is 0. The minimum Gasteiger partial charge on any atom is -0.479 e. The molecule has 3 aromatic rings. The van der Waals surface area contributed by atoms with Crippen molar-refractivity contribution in [3.63, 3.8) is 0 Å². The van der Waals surface area contributed by atoms with E-state index in [0.29, 0.717) is 18.0 Å². The lowest BCUT2D eigenvalue weighted by Crippen LogP contribution is -2.46. The smallest absolute Gasteiger partial charge is 0.267 e. The number of hydrogen-bond acceptors (Lipinski definition) is 4. The van der Waals surface area contributed by atoms with E-state index < -0.39 is 6.10 Å². The Bertz CT molecular complexity index is 1090. The van der Waals surface area contributed by atoms with E-state index in [9.17, 15) is 9.59 Å². The molecule has 7 nitrogen and oxygen atoms in total. The highest BCUT2D eigenvalue weighted by Crippen LogP contribution is 2.36. The Hall–Kier alpha value is -3.32. The normalized spacial score (nSPS) is 15.9. The minimum absolute atomic E-state index is 0.0551. The first-order valence-corrected chi connectivity index (χ1v) is 10.0. The summed E-state index contributed by atoms with van der Waals surface area (Å²) in [7, 11) is 3.95. The van der Waals surface area contributed by atoms with Crippen molar-refractivity contribution < 1.29 is 14.3 Å². The van der Waals surface area contributed by atoms with Crippen LogP contribution in [-0.2, 0) is 16.0 Å². The van der Waals surface area contributed by atoms with E-state index in [4.69, 9.17) is 4.74 Å². The number of rotatable bonds is 6. The van der Waals surface area contributed by atoms with Gasteiger partial charge in [0.05, 0.1) is 12.1 Å². The van der Waals surface area contributed by atoms with Crippen LogP contribution in [0.2, 0.25) is 0 Å². The molecule has 0 saturated heterocycles. The van der Waals surface area contributed by atoms with Gasteiger partial charge in [-0.15, -0.1) is 0 Å². The summed E-state index contributed by atoms with van der Waals surface area (Å²) in [6, 6.07) is 13.3. The lowest BCUT2D eigenvalue weighted by atomic mass is 10.1. The Balaban J connectivity index is 1.50. The van der Waals surface area contributed by atoms with Crippen molar-refractivity contribution in [3.05, 3.63) is 54.2 Å². The maximum absolute atomic E-state index is 12.6. The Morgan fingerprint density at radius 2 is 2.03 bits per heavy atom. The van der Waals surface area contributed by atoms with Crippen LogP contribution in [0.4, 0.5) is 11.4 Å². The van der Waals surface area contributed by atoms with Crippen LogP contribution in [0.5, 0.6) is 5.75 Å². The van der Waals surface area contributed by atoms with Crippen LogP contribution in [0, 0.1) is 0 Å². The van der Waals surface area contributed by atoms with Crippen LogP contribution in [0.3, 0.4) is 0 Å². The number of anilines is 2. The van der Waals surface area contributed by atoms with Gasteiger partial charge in [0.25, 0.3) is 5.91 Å². The molecular weight excluding hydrogens is 380 g/mol. The summed E-state index contributed by atoms with van der Waals surface area (Å²) in [6.07, 6.45) is 1.58. The Labute approximate surface area is 175 Å². The maximum atomic E-state index is 12.6. The molecule has 2 amide bonds. The number of ether oxygens (including phenoxy) is 1. The Kier molecular flexibility index (Phi) is 5.46. The number of nitrogens with zero attached hydrogens (tertiary/aromatic N) is 2. The molecule has 1 aliphatic rings. The van der Waals surface area contributed by atoms with Gasteiger partial charge in [0.15, 0.2) is 6.10 Å². The van der Waals surface area contributed by atoms with Gasteiger partial charge in [-0.25, -0.2) is 0 Å². The number of aromatic nitrogens is 1. The fraction of sp³-hybridized carbons (Fsp3) is 0.304. The predicted octanol–water partition coefficient (Wildman–Crippen LogP) is 3.02. The zero-order valence-corrected chi connectivity index (χ0v) is 17.4. The minimum atomic E-state index is -0.558. The van der Waals surface area contributed by atoms with Crippen LogP contribution < -0.4 is 15.0 Å². The SMILES string of the molecule is CC1Oc2cc(NC(=O)Cc3c[nH]c4ccccc34)ccc2N(CCN(C)C)C1=O. The fourth-order valence-corrected chi connectivity index (χ4v) is 3.67. The van der Waals surface area contributed by atoms with Crippen molar-refractivity contribution >= 4 is 34.1 Å². The van der Waals surface area contributed by atoms with Crippen LogP contribution in [0.15, 0.2) is 48.7 Å². The van der Waals surface area contributed by atoms with E-state index in [1.54, 1.807) is 24.0 Å². The third-order valence-electron chi connectivity index (χ3n) is 5.25. The maximum Gasteiger partial charge on any atom is 0.267 e. The second-order valence-corrected chi connectivity index (χ2v) is 7.82. The number of benzene rings is 2. The van der Waals surface area contributed by atoms with Crippen LogP contribution in [-0.4, -0.2) is 55.0 Å². The number of amides is 2. The molecule has 30 heavy (non-hydrogen) atoms. The number of likely N-dealkylation sites (N-methyl/N-ethyl adjacent to an activating group) is 1. The zero-order chi connectivity index (χ0) is 21.3. The molecular formula is C23H26N4O3. The largest absolute Gasteiger partial charge is 0.479 e. The van der Waals surface area contributed by atoms with Crippen molar-refractivity contribution in [3.8, 4) is 5.75 Å². The average molecular weight is 406 g/mol. The van der Waals surface area contributed by atoms with Gasteiger partial charge in [0, 0.05) is 41.9 Å². The first-order valence-electron chi connectivity index (χ1n) is 10.0. The topological polar surface area (TPSA) is 77.7 Å². The molecule has 4 rings (SSSR count). The molecule has 156 valence electrons. The summed E-state index contributed by atoms with van der Waals surface area (Å²) in [5.41, 5.74) is 3.34. The van der Waals surface area contributed by atoms with Gasteiger partial charge < -0.3 is 24.8 Å². The number of aromatic amines is 1. The molecule has 7 heteroatoms. The standard InChI is InChI=1S/C23H26N4O3/c1-15-23(29)27(11-10-26(2)3)20-9-8-17(13-21(20)30-15)25-22(28)12-16-14-24-19-7-5-4-6-18(16)19/h4-9,13-15,24H,10-12H2,1-3H3,(H,25,28). The van der Waals surface area contributed by atoms with Gasteiger partial charge in [0.1, 0.15) is 5.75 Å². The molecule has 1 unspecified atom stereocenters. The zero-order valence-electron chi connectivity index (χ0n) is 17.4. The van der Waals surface area contributed by atoms with Crippen LogP contribution >= 0.6 is 0 Å². The van der Waals surface area contributed by atoms with Gasteiger partial charge in [-0.1, -0.05) is 18.2 Å². The first-order chi connectivity index (χ1) is 14.4. The van der Waals surface area contributed by atoms with E-state index in [1.807, 2.05) is 55.5 Å². The number of para-hydroxylation sites is 1. The third-order valence-corrected chi connectivity index (χ3v) is 5.25. The summed E-state index contributed by atoms with van der Waals surface area (Å²) in [6.45, 7) is 3.08. The summed E-state index contributed by atoms with van der Waals surface area (Å²) in [5, 5.41) is 3.99. The molecule has 2 N–H and O–H groups in total. The van der Waals surface area contributed by atoms with Crippen molar-refractivity contribution in [1.29, 1.82) is 0 Å². The second kappa shape index (κ2) is 8.20. The van der Waals surface area contributed by atoms with Gasteiger partial charge in [0.2, 0.25) is 5.91 Å². The fourth-order valence-electron chi connectivity index (χ4n) is 3.67. The molecule has 0 spiro atoms. The summed E-state index contributed by atoms with van der Waals surface area (Å²) < 4.78 is 5.81. The molecule has 1 atom stereocenters. The van der Waals surface area contributed by atoms with Gasteiger partial charge >= 0.3 is 0 Å². The van der Waals surface area contributed by atoms with E-state index in [-0.39, 0.29) is 18.2 Å². The van der Waals surface area contributed by atoms with Gasteiger partial charge in [-0.05, 0) is 44.8 Å². The van der Waals surface area contributed by atoms with Crippen molar-refractivity contribution in [2.75, 3.05) is 37.4 Å². The quantitative estimate of drug-likeness (QED) is 0.660. The highest BCUT2D eigenvalue weighted by molar-refractivity contribution is 6.01. The van der Waals surface area contributed by atoms with Crippen LogP contribution in [0.25, 0.3) is 10.9 Å². The molecule has 0 saturated carbocycles. The lowest BCUT2D eigenvalue weighted by Gasteiger charge is -2.34. The average Bonchev–Trinajstić information content (AvgIpc) is 3.11. The number of carbonyl (C=O) groups excluding carboxylic acids is 2. The second-order valence-electron chi connectivity index (χ2n) is 7.82. The number of hydrogen-bond donors (Lipinski definition) is 2. The van der Waals surface area contributed by atoms with Gasteiger partial charge in [-0.3, -0.25) is 9.59 Å². The van der Waals surface area contributed by atoms with Crippen molar-refractivity contribution in [1.82, 2.24) is 9.88 Å². The van der Waals surface area contributed by atoms with Crippen LogP contribution in [0.1, 0.15) is 12.5 Å². The van der Waals surface area contributed by atoms with Gasteiger partial charge in [-0.2, -0.15) is 0 Å². The van der Waals surface area contributed by atoms with E-state index in [0.717, 1.165) is 28.7 Å². The number of carbonyl (C=O) groups is 2. The Morgan fingerprint density at radius 3 is 2.83 bits per heavy atom. The molecule has 2 aromatic carbocycles. The highest BCUT2D eigenvalue weighted by atomic mass is 16.5. The molecule has 0 radical (unpaired) electrons. The monoisotopic (exact) mass is 406 g/mol. The third kappa shape index (κ3) is 4.02. The molecule has 0 fully saturated rings. The van der Waals surface area contributed by atoms with Crippen molar-refractivity contribution in [2.24, 2.45) is 0 Å². The van der Waals surface area contributed by atoms with E-state index in [1.165, 1.54) is 0 Å². The molecule has 1 aliphatic heterocycles. The summed E-state index contributed by atoms with van der Waals surface area (Å²) in [5.74, 6) is 0.440. The van der Waals surface area contributed by atoms with E-state index >= 15 is 0 Å². The molecule has 0 bridgehead atoms. The number of H-pyrrole nitrogens is 1. The summed E-state index contributed by atoms with van der Waals surface area (Å²) in [4.78, 5) is 32.1. The molecule has 1 aromatic heterocycles.